The van der Waals surface area contributed by atoms with Crippen molar-refractivity contribution in [2.24, 2.45) is 0 Å². The molecule has 0 radical (unpaired) electrons. The van der Waals surface area contributed by atoms with Crippen molar-refractivity contribution in [1.29, 1.82) is 0 Å². The molecule has 2 rings (SSSR count). The van der Waals surface area contributed by atoms with Gasteiger partial charge in [0.1, 0.15) is 6.04 Å². The van der Waals surface area contributed by atoms with Gasteiger partial charge in [0.05, 0.1) is 12.1 Å². The standard InChI is InChI=1S/C13H19N3O2S/c1-7(2)10-6-19-13(15-10)14-9-5-11(17)16(8(3)4)12(9)18/h6-9H,5H2,1-4H3,(H,14,15). The van der Waals surface area contributed by atoms with E-state index in [1.807, 2.05) is 19.2 Å². The highest BCUT2D eigenvalue weighted by atomic mass is 32.1. The van der Waals surface area contributed by atoms with Crippen LogP contribution in [0.4, 0.5) is 5.13 Å². The second-order valence-electron chi connectivity index (χ2n) is 5.33. The molecule has 1 unspecified atom stereocenters. The molecule has 19 heavy (non-hydrogen) atoms. The van der Waals surface area contributed by atoms with E-state index in [2.05, 4.69) is 24.1 Å². The molecule has 1 aromatic rings. The average Bonchev–Trinajstić information content (AvgIpc) is 2.85. The third-order valence-corrected chi connectivity index (χ3v) is 3.90. The fourth-order valence-electron chi connectivity index (χ4n) is 2.07. The van der Waals surface area contributed by atoms with Gasteiger partial charge in [-0.25, -0.2) is 4.98 Å². The number of imide groups is 1. The van der Waals surface area contributed by atoms with Crippen LogP contribution >= 0.6 is 11.3 Å². The molecule has 2 heterocycles. The predicted molar refractivity (Wildman–Crippen MR) is 75.2 cm³/mol. The van der Waals surface area contributed by atoms with E-state index in [1.165, 1.54) is 16.2 Å². The lowest BCUT2D eigenvalue weighted by Crippen LogP contribution is -2.39. The molecular weight excluding hydrogens is 262 g/mol. The quantitative estimate of drug-likeness (QED) is 0.860. The highest BCUT2D eigenvalue weighted by Gasteiger charge is 2.40. The molecule has 1 aromatic heterocycles. The summed E-state index contributed by atoms with van der Waals surface area (Å²) in [5.74, 6) is 0.0966. The molecule has 0 bridgehead atoms. The molecule has 1 N–H and O–H groups in total. The molecule has 0 aliphatic carbocycles. The number of nitrogens with one attached hydrogen (secondary N) is 1. The van der Waals surface area contributed by atoms with Gasteiger partial charge in [-0.05, 0) is 19.8 Å². The maximum absolute atomic E-state index is 12.1. The Morgan fingerprint density at radius 3 is 2.53 bits per heavy atom. The Bertz CT molecular complexity index is 496. The molecule has 1 atom stereocenters. The molecule has 2 amide bonds. The molecular formula is C13H19N3O2S. The zero-order valence-corrected chi connectivity index (χ0v) is 12.5. The van der Waals surface area contributed by atoms with E-state index in [0.717, 1.165) is 5.69 Å². The average molecular weight is 281 g/mol. The summed E-state index contributed by atoms with van der Waals surface area (Å²) < 4.78 is 0. The van der Waals surface area contributed by atoms with Crippen molar-refractivity contribution in [3.8, 4) is 0 Å². The van der Waals surface area contributed by atoms with E-state index in [4.69, 9.17) is 0 Å². The second-order valence-corrected chi connectivity index (χ2v) is 6.19. The van der Waals surface area contributed by atoms with Crippen LogP contribution in [0.25, 0.3) is 0 Å². The van der Waals surface area contributed by atoms with Gasteiger partial charge in [-0.3, -0.25) is 14.5 Å². The normalized spacial score (nSPS) is 19.9. The topological polar surface area (TPSA) is 62.3 Å². The van der Waals surface area contributed by atoms with Crippen LogP contribution in [0.5, 0.6) is 0 Å². The summed E-state index contributed by atoms with van der Waals surface area (Å²) in [7, 11) is 0. The van der Waals surface area contributed by atoms with Gasteiger partial charge in [0.25, 0.3) is 5.91 Å². The maximum Gasteiger partial charge on any atom is 0.252 e. The number of carbonyl (C=O) groups is 2. The van der Waals surface area contributed by atoms with E-state index in [9.17, 15) is 9.59 Å². The molecule has 1 aliphatic rings. The van der Waals surface area contributed by atoms with Crippen LogP contribution in [-0.2, 0) is 9.59 Å². The van der Waals surface area contributed by atoms with Crippen LogP contribution in [-0.4, -0.2) is 33.8 Å². The van der Waals surface area contributed by atoms with Crippen molar-refractivity contribution in [2.45, 2.75) is 52.1 Å². The minimum atomic E-state index is -0.471. The summed E-state index contributed by atoms with van der Waals surface area (Å²) in [5, 5.41) is 5.77. The summed E-state index contributed by atoms with van der Waals surface area (Å²) in [4.78, 5) is 29.7. The third-order valence-electron chi connectivity index (χ3n) is 3.11. The van der Waals surface area contributed by atoms with Crippen molar-refractivity contribution >= 4 is 28.3 Å². The van der Waals surface area contributed by atoms with E-state index >= 15 is 0 Å². The molecule has 104 valence electrons. The molecule has 6 heteroatoms. The number of nitrogens with zero attached hydrogens (tertiary/aromatic N) is 2. The minimum Gasteiger partial charge on any atom is -0.349 e. The van der Waals surface area contributed by atoms with E-state index < -0.39 is 6.04 Å². The van der Waals surface area contributed by atoms with Crippen molar-refractivity contribution in [3.63, 3.8) is 0 Å². The monoisotopic (exact) mass is 281 g/mol. The number of thiazole rings is 1. The van der Waals surface area contributed by atoms with E-state index in [0.29, 0.717) is 11.0 Å². The summed E-state index contributed by atoms with van der Waals surface area (Å²) >= 11 is 1.47. The molecule has 1 saturated heterocycles. The van der Waals surface area contributed by atoms with Crippen LogP contribution < -0.4 is 5.32 Å². The van der Waals surface area contributed by atoms with Gasteiger partial charge in [0.15, 0.2) is 5.13 Å². The van der Waals surface area contributed by atoms with Crippen LogP contribution in [0.1, 0.15) is 45.7 Å². The second kappa shape index (κ2) is 5.28. The number of likely N-dealkylation sites (tertiary alicyclic amines) is 1. The van der Waals surface area contributed by atoms with Gasteiger partial charge in [0, 0.05) is 11.4 Å². The Hall–Kier alpha value is -1.43. The zero-order valence-electron chi connectivity index (χ0n) is 11.6. The molecule has 5 nitrogen and oxygen atoms in total. The first kappa shape index (κ1) is 14.0. The Morgan fingerprint density at radius 1 is 1.37 bits per heavy atom. The first-order chi connectivity index (χ1) is 8.90. The molecule has 1 aliphatic heterocycles. The molecule has 0 aromatic carbocycles. The Kier molecular flexibility index (Phi) is 3.89. The lowest BCUT2D eigenvalue weighted by molar-refractivity contribution is -0.140. The fraction of sp³-hybridized carbons (Fsp3) is 0.615. The summed E-state index contributed by atoms with van der Waals surface area (Å²) in [5.41, 5.74) is 1.00. The number of hydrogen-bond acceptors (Lipinski definition) is 5. The number of anilines is 1. The van der Waals surface area contributed by atoms with Gasteiger partial charge >= 0.3 is 0 Å². The first-order valence-electron chi connectivity index (χ1n) is 6.48. The number of aromatic nitrogens is 1. The van der Waals surface area contributed by atoms with Gasteiger partial charge < -0.3 is 5.32 Å². The van der Waals surface area contributed by atoms with Crippen LogP contribution in [0.3, 0.4) is 0 Å². The number of rotatable bonds is 4. The summed E-state index contributed by atoms with van der Waals surface area (Å²) in [6.07, 6.45) is 0.216. The lowest BCUT2D eigenvalue weighted by Gasteiger charge is -2.18. The Balaban J connectivity index is 2.07. The molecule has 0 saturated carbocycles. The smallest absolute Gasteiger partial charge is 0.252 e. The van der Waals surface area contributed by atoms with Crippen LogP contribution in [0, 0.1) is 0 Å². The number of hydrogen-bond donors (Lipinski definition) is 1. The van der Waals surface area contributed by atoms with Crippen LogP contribution in [0.2, 0.25) is 0 Å². The lowest BCUT2D eigenvalue weighted by atomic mass is 10.2. The van der Waals surface area contributed by atoms with Crippen molar-refractivity contribution < 1.29 is 9.59 Å². The van der Waals surface area contributed by atoms with Crippen molar-refractivity contribution in [1.82, 2.24) is 9.88 Å². The van der Waals surface area contributed by atoms with Crippen molar-refractivity contribution in [3.05, 3.63) is 11.1 Å². The number of amides is 2. The Labute approximate surface area is 117 Å². The highest BCUT2D eigenvalue weighted by molar-refractivity contribution is 7.13. The van der Waals surface area contributed by atoms with Gasteiger partial charge in [0.2, 0.25) is 5.91 Å². The molecule has 0 spiro atoms. The van der Waals surface area contributed by atoms with E-state index in [-0.39, 0.29) is 24.3 Å². The van der Waals surface area contributed by atoms with Crippen LogP contribution in [0.15, 0.2) is 5.38 Å². The van der Waals surface area contributed by atoms with Gasteiger partial charge in [-0.15, -0.1) is 11.3 Å². The van der Waals surface area contributed by atoms with E-state index in [1.54, 1.807) is 0 Å². The zero-order chi connectivity index (χ0) is 14.2. The molecule has 1 fully saturated rings. The summed E-state index contributed by atoms with van der Waals surface area (Å²) in [6.45, 7) is 7.84. The van der Waals surface area contributed by atoms with Gasteiger partial charge in [-0.2, -0.15) is 0 Å². The SMILES string of the molecule is CC(C)c1csc(NC2CC(=O)N(C(C)C)C2=O)n1. The first-order valence-corrected chi connectivity index (χ1v) is 7.36. The minimum absolute atomic E-state index is 0.0886. The Morgan fingerprint density at radius 2 is 2.05 bits per heavy atom. The third kappa shape index (κ3) is 2.78. The summed E-state index contributed by atoms with van der Waals surface area (Å²) in [6, 6.07) is -0.560. The number of carbonyl (C=O) groups excluding carboxylic acids is 2. The highest BCUT2D eigenvalue weighted by Crippen LogP contribution is 2.25. The largest absolute Gasteiger partial charge is 0.349 e. The maximum atomic E-state index is 12.1. The van der Waals surface area contributed by atoms with Crippen molar-refractivity contribution in [2.75, 3.05) is 5.32 Å². The fourth-order valence-corrected chi connectivity index (χ4v) is 3.00. The predicted octanol–water partition coefficient (Wildman–Crippen LogP) is 2.21. The van der Waals surface area contributed by atoms with Gasteiger partial charge in [-0.1, -0.05) is 13.8 Å².